The van der Waals surface area contributed by atoms with Gasteiger partial charge in [0.1, 0.15) is 5.82 Å². The van der Waals surface area contributed by atoms with Gasteiger partial charge < -0.3 is 0 Å². The normalized spacial score (nSPS) is 12.4. The van der Waals surface area contributed by atoms with Crippen LogP contribution < -0.4 is 11.3 Å². The highest BCUT2D eigenvalue weighted by molar-refractivity contribution is 5.35. The molecule has 0 radical (unpaired) electrons. The van der Waals surface area contributed by atoms with E-state index in [0.717, 1.165) is 16.8 Å². The Morgan fingerprint density at radius 2 is 2.06 bits per heavy atom. The van der Waals surface area contributed by atoms with Gasteiger partial charge in [0, 0.05) is 11.9 Å². The molecule has 0 aliphatic rings. The lowest BCUT2D eigenvalue weighted by Crippen LogP contribution is -2.29. The third kappa shape index (κ3) is 2.39. The highest BCUT2D eigenvalue weighted by Crippen LogP contribution is 2.24. The molecular formula is C14H16FN3. The summed E-state index contributed by atoms with van der Waals surface area (Å²) < 4.78 is 13.6. The molecule has 0 aliphatic heterocycles. The average molecular weight is 245 g/mol. The molecule has 1 aromatic heterocycles. The van der Waals surface area contributed by atoms with Gasteiger partial charge in [-0.1, -0.05) is 18.2 Å². The lowest BCUT2D eigenvalue weighted by Gasteiger charge is -2.18. The van der Waals surface area contributed by atoms with Crippen molar-refractivity contribution in [3.8, 4) is 0 Å². The number of aromatic nitrogens is 1. The van der Waals surface area contributed by atoms with Gasteiger partial charge in [-0.3, -0.25) is 10.8 Å². The van der Waals surface area contributed by atoms with Gasteiger partial charge in [-0.15, -0.1) is 0 Å². The maximum Gasteiger partial charge on any atom is 0.126 e. The fraction of sp³-hybridized carbons (Fsp3) is 0.214. The van der Waals surface area contributed by atoms with Crippen LogP contribution in [0.15, 0.2) is 36.5 Å². The zero-order chi connectivity index (χ0) is 13.1. The maximum absolute atomic E-state index is 13.6. The van der Waals surface area contributed by atoms with Crippen molar-refractivity contribution < 1.29 is 4.39 Å². The molecule has 0 saturated heterocycles. The van der Waals surface area contributed by atoms with Gasteiger partial charge >= 0.3 is 0 Å². The maximum atomic E-state index is 13.6. The molecule has 0 saturated carbocycles. The highest BCUT2D eigenvalue weighted by Gasteiger charge is 2.15. The number of hydrogen-bond donors (Lipinski definition) is 2. The minimum atomic E-state index is -0.256. The van der Waals surface area contributed by atoms with Gasteiger partial charge in [0.25, 0.3) is 0 Å². The summed E-state index contributed by atoms with van der Waals surface area (Å²) in [4.78, 5) is 4.22. The third-order valence-electron chi connectivity index (χ3n) is 3.05. The van der Waals surface area contributed by atoms with E-state index < -0.39 is 0 Å². The van der Waals surface area contributed by atoms with Crippen LogP contribution in [0.3, 0.4) is 0 Å². The zero-order valence-electron chi connectivity index (χ0n) is 10.4. The van der Waals surface area contributed by atoms with Gasteiger partial charge in [0.15, 0.2) is 0 Å². The van der Waals surface area contributed by atoms with Crippen LogP contribution >= 0.6 is 0 Å². The summed E-state index contributed by atoms with van der Waals surface area (Å²) in [6.45, 7) is 3.64. The lowest BCUT2D eigenvalue weighted by molar-refractivity contribution is 0.597. The number of nitrogens with one attached hydrogen (secondary N) is 1. The molecule has 0 spiro atoms. The van der Waals surface area contributed by atoms with E-state index in [0.29, 0.717) is 5.56 Å². The number of benzene rings is 1. The van der Waals surface area contributed by atoms with Gasteiger partial charge in [0.2, 0.25) is 0 Å². The van der Waals surface area contributed by atoms with Crippen molar-refractivity contribution in [2.45, 2.75) is 19.9 Å². The molecule has 0 fully saturated rings. The standard InChI is InChI=1S/C14H16FN3/c1-9-5-6-11(8-13(9)15)14(18-16)12-4-3-7-17-10(12)2/h3-8,14,18H,16H2,1-2H3. The minimum absolute atomic E-state index is 0.228. The van der Waals surface area contributed by atoms with Crippen LogP contribution in [0.2, 0.25) is 0 Å². The summed E-state index contributed by atoms with van der Waals surface area (Å²) in [5, 5.41) is 0. The van der Waals surface area contributed by atoms with Crippen molar-refractivity contribution in [2.24, 2.45) is 5.84 Å². The first-order chi connectivity index (χ1) is 8.63. The van der Waals surface area contributed by atoms with Gasteiger partial charge in [-0.2, -0.15) is 0 Å². The number of hydrazine groups is 1. The SMILES string of the molecule is Cc1ccc(C(NN)c2cccnc2C)cc1F. The van der Waals surface area contributed by atoms with E-state index >= 15 is 0 Å². The average Bonchev–Trinajstić information content (AvgIpc) is 2.37. The molecule has 0 bridgehead atoms. The number of rotatable bonds is 3. The molecule has 0 aliphatic carbocycles. The fourth-order valence-electron chi connectivity index (χ4n) is 1.96. The van der Waals surface area contributed by atoms with E-state index in [1.54, 1.807) is 19.2 Å². The first-order valence-electron chi connectivity index (χ1n) is 5.77. The third-order valence-corrected chi connectivity index (χ3v) is 3.05. The summed E-state index contributed by atoms with van der Waals surface area (Å²) in [6.07, 6.45) is 1.72. The summed E-state index contributed by atoms with van der Waals surface area (Å²) in [5.74, 6) is 5.37. The van der Waals surface area contributed by atoms with Crippen LogP contribution in [0.4, 0.5) is 4.39 Å². The quantitative estimate of drug-likeness (QED) is 0.645. The molecule has 1 unspecified atom stereocenters. The Morgan fingerprint density at radius 3 is 2.67 bits per heavy atom. The first kappa shape index (κ1) is 12.7. The highest BCUT2D eigenvalue weighted by atomic mass is 19.1. The zero-order valence-corrected chi connectivity index (χ0v) is 10.4. The predicted octanol–water partition coefficient (Wildman–Crippen LogP) is 2.39. The molecule has 94 valence electrons. The Kier molecular flexibility index (Phi) is 3.69. The largest absolute Gasteiger partial charge is 0.271 e. The predicted molar refractivity (Wildman–Crippen MR) is 69.3 cm³/mol. The van der Waals surface area contributed by atoms with Crippen molar-refractivity contribution in [3.63, 3.8) is 0 Å². The van der Waals surface area contributed by atoms with Crippen molar-refractivity contribution >= 4 is 0 Å². The van der Waals surface area contributed by atoms with Crippen LogP contribution in [0.5, 0.6) is 0 Å². The first-order valence-corrected chi connectivity index (χ1v) is 5.77. The van der Waals surface area contributed by atoms with Crippen molar-refractivity contribution in [1.29, 1.82) is 0 Å². The molecule has 2 aromatic rings. The Morgan fingerprint density at radius 1 is 1.28 bits per heavy atom. The van der Waals surface area contributed by atoms with Crippen LogP contribution in [-0.4, -0.2) is 4.98 Å². The van der Waals surface area contributed by atoms with Crippen molar-refractivity contribution in [1.82, 2.24) is 10.4 Å². The van der Waals surface area contributed by atoms with Crippen LogP contribution in [0.25, 0.3) is 0 Å². The van der Waals surface area contributed by atoms with E-state index in [2.05, 4.69) is 10.4 Å². The summed E-state index contributed by atoms with van der Waals surface area (Å²) in [5.41, 5.74) is 5.95. The molecule has 3 N–H and O–H groups in total. The molecule has 0 amide bonds. The number of aryl methyl sites for hydroxylation is 2. The van der Waals surface area contributed by atoms with Crippen LogP contribution in [0.1, 0.15) is 28.4 Å². The number of nitrogens with zero attached hydrogens (tertiary/aromatic N) is 1. The molecule has 1 atom stereocenters. The van der Waals surface area contributed by atoms with E-state index in [9.17, 15) is 4.39 Å². The monoisotopic (exact) mass is 245 g/mol. The molecule has 18 heavy (non-hydrogen) atoms. The summed E-state index contributed by atoms with van der Waals surface area (Å²) in [6, 6.07) is 8.65. The Labute approximate surface area is 106 Å². The smallest absolute Gasteiger partial charge is 0.126 e. The molecule has 1 aromatic carbocycles. The Balaban J connectivity index is 2.45. The second kappa shape index (κ2) is 5.25. The number of nitrogens with two attached hydrogens (primary N) is 1. The number of halogens is 1. The summed E-state index contributed by atoms with van der Waals surface area (Å²) >= 11 is 0. The second-order valence-corrected chi connectivity index (χ2v) is 4.29. The summed E-state index contributed by atoms with van der Waals surface area (Å²) in [7, 11) is 0. The van der Waals surface area contributed by atoms with Crippen LogP contribution in [0, 0.1) is 19.7 Å². The Bertz CT molecular complexity index is 554. The topological polar surface area (TPSA) is 50.9 Å². The minimum Gasteiger partial charge on any atom is -0.271 e. The molecule has 4 heteroatoms. The van der Waals surface area contributed by atoms with Gasteiger partial charge in [-0.25, -0.2) is 9.82 Å². The van der Waals surface area contributed by atoms with Crippen molar-refractivity contribution in [2.75, 3.05) is 0 Å². The van der Waals surface area contributed by atoms with E-state index in [1.807, 2.05) is 25.1 Å². The Hall–Kier alpha value is -1.78. The molecule has 3 nitrogen and oxygen atoms in total. The second-order valence-electron chi connectivity index (χ2n) is 4.29. The fourth-order valence-corrected chi connectivity index (χ4v) is 1.96. The molecule has 2 rings (SSSR count). The van der Waals surface area contributed by atoms with E-state index in [4.69, 9.17) is 5.84 Å². The van der Waals surface area contributed by atoms with E-state index in [-0.39, 0.29) is 11.9 Å². The lowest BCUT2D eigenvalue weighted by atomic mass is 9.97. The van der Waals surface area contributed by atoms with Gasteiger partial charge in [0.05, 0.1) is 6.04 Å². The van der Waals surface area contributed by atoms with Crippen molar-refractivity contribution in [3.05, 3.63) is 64.7 Å². The van der Waals surface area contributed by atoms with E-state index in [1.165, 1.54) is 6.07 Å². The molecular weight excluding hydrogens is 229 g/mol. The van der Waals surface area contributed by atoms with Gasteiger partial charge in [-0.05, 0) is 42.7 Å². The number of hydrogen-bond acceptors (Lipinski definition) is 3. The van der Waals surface area contributed by atoms with Crippen LogP contribution in [-0.2, 0) is 0 Å². The molecule has 1 heterocycles. The number of pyridine rings is 1.